The quantitative estimate of drug-likeness (QED) is 0.646. The van der Waals surface area contributed by atoms with Crippen molar-refractivity contribution in [2.24, 2.45) is 0 Å². The molecule has 0 aromatic heterocycles. The van der Waals surface area contributed by atoms with Crippen molar-refractivity contribution in [1.82, 2.24) is 5.32 Å². The van der Waals surface area contributed by atoms with Crippen LogP contribution < -0.4 is 10.1 Å². The van der Waals surface area contributed by atoms with Gasteiger partial charge in [0, 0.05) is 19.2 Å². The lowest BCUT2D eigenvalue weighted by Crippen LogP contribution is -2.29. The molecule has 0 aliphatic carbocycles. The van der Waals surface area contributed by atoms with Gasteiger partial charge in [0.15, 0.2) is 0 Å². The Hall–Kier alpha value is -1.10. The molecular formula is C16H27NO3. The van der Waals surface area contributed by atoms with E-state index < -0.39 is 5.60 Å². The Morgan fingerprint density at radius 3 is 2.65 bits per heavy atom. The number of hydrogen-bond acceptors (Lipinski definition) is 4. The van der Waals surface area contributed by atoms with Crippen LogP contribution >= 0.6 is 0 Å². The first-order chi connectivity index (χ1) is 9.61. The summed E-state index contributed by atoms with van der Waals surface area (Å²) >= 11 is 0. The first-order valence-electron chi connectivity index (χ1n) is 7.26. The van der Waals surface area contributed by atoms with Crippen molar-refractivity contribution < 1.29 is 14.6 Å². The van der Waals surface area contributed by atoms with E-state index in [-0.39, 0.29) is 0 Å². The van der Waals surface area contributed by atoms with Crippen molar-refractivity contribution in [2.75, 3.05) is 33.4 Å². The van der Waals surface area contributed by atoms with Crippen molar-refractivity contribution in [2.45, 2.75) is 32.3 Å². The Bertz CT molecular complexity index is 380. The van der Waals surface area contributed by atoms with Gasteiger partial charge in [0.05, 0.1) is 18.8 Å². The van der Waals surface area contributed by atoms with E-state index >= 15 is 0 Å². The van der Waals surface area contributed by atoms with Crippen molar-refractivity contribution in [3.8, 4) is 5.75 Å². The van der Waals surface area contributed by atoms with Crippen LogP contribution in [0, 0.1) is 0 Å². The van der Waals surface area contributed by atoms with E-state index in [1.54, 1.807) is 7.11 Å². The maximum Gasteiger partial charge on any atom is 0.125 e. The number of hydrogen-bond donors (Lipinski definition) is 2. The van der Waals surface area contributed by atoms with Crippen LogP contribution in [0.15, 0.2) is 24.3 Å². The minimum absolute atomic E-state index is 0.628. The Labute approximate surface area is 122 Å². The van der Waals surface area contributed by atoms with Gasteiger partial charge >= 0.3 is 0 Å². The summed E-state index contributed by atoms with van der Waals surface area (Å²) in [7, 11) is 1.68. The molecule has 114 valence electrons. The third kappa shape index (κ3) is 5.49. The fourth-order valence-electron chi connectivity index (χ4n) is 2.02. The normalized spacial score (nSPS) is 14.0. The van der Waals surface area contributed by atoms with Gasteiger partial charge in [0.25, 0.3) is 0 Å². The molecule has 0 amide bonds. The molecule has 1 rings (SSSR count). The minimum atomic E-state index is -0.898. The highest BCUT2D eigenvalue weighted by Gasteiger charge is 2.26. The van der Waals surface area contributed by atoms with E-state index in [2.05, 4.69) is 12.2 Å². The number of ether oxygens (including phenoxy) is 2. The highest BCUT2D eigenvalue weighted by Crippen LogP contribution is 2.32. The van der Waals surface area contributed by atoms with Crippen LogP contribution in [0.3, 0.4) is 0 Å². The Balaban J connectivity index is 2.61. The zero-order chi connectivity index (χ0) is 14.8. The summed E-state index contributed by atoms with van der Waals surface area (Å²) in [6, 6.07) is 7.71. The molecule has 1 aromatic carbocycles. The number of nitrogens with one attached hydrogen (secondary N) is 1. The van der Waals surface area contributed by atoms with Gasteiger partial charge in [0.2, 0.25) is 0 Å². The molecule has 1 aromatic rings. The van der Waals surface area contributed by atoms with Crippen LogP contribution in [-0.4, -0.2) is 38.5 Å². The molecule has 1 atom stereocenters. The Morgan fingerprint density at radius 2 is 1.95 bits per heavy atom. The lowest BCUT2D eigenvalue weighted by Gasteiger charge is -2.26. The molecule has 4 nitrogen and oxygen atoms in total. The van der Waals surface area contributed by atoms with Crippen LogP contribution in [-0.2, 0) is 10.3 Å². The van der Waals surface area contributed by atoms with Gasteiger partial charge < -0.3 is 19.9 Å². The average molecular weight is 281 g/mol. The third-order valence-electron chi connectivity index (χ3n) is 3.20. The maximum absolute atomic E-state index is 10.7. The summed E-state index contributed by atoms with van der Waals surface area (Å²) in [5.74, 6) is 0.774. The topological polar surface area (TPSA) is 50.7 Å². The van der Waals surface area contributed by atoms with Crippen LogP contribution in [0.25, 0.3) is 0 Å². The van der Waals surface area contributed by atoms with E-state index in [0.717, 1.165) is 30.8 Å². The van der Waals surface area contributed by atoms with Crippen LogP contribution in [0.4, 0.5) is 0 Å². The monoisotopic (exact) mass is 281 g/mol. The van der Waals surface area contributed by atoms with Gasteiger partial charge in [-0.25, -0.2) is 0 Å². The highest BCUT2D eigenvalue weighted by atomic mass is 16.5. The molecule has 4 heteroatoms. The lowest BCUT2D eigenvalue weighted by atomic mass is 9.91. The predicted octanol–water partition coefficient (Wildman–Crippen LogP) is 2.31. The van der Waals surface area contributed by atoms with Gasteiger partial charge in [-0.15, -0.1) is 0 Å². The molecular weight excluding hydrogens is 254 g/mol. The largest absolute Gasteiger partial charge is 0.493 e. The first-order valence-corrected chi connectivity index (χ1v) is 7.26. The molecule has 0 fully saturated rings. The van der Waals surface area contributed by atoms with Crippen molar-refractivity contribution in [3.63, 3.8) is 0 Å². The van der Waals surface area contributed by atoms with Gasteiger partial charge in [-0.2, -0.15) is 0 Å². The van der Waals surface area contributed by atoms with Crippen molar-refractivity contribution in [3.05, 3.63) is 29.8 Å². The van der Waals surface area contributed by atoms with E-state index in [4.69, 9.17) is 9.47 Å². The Kier molecular flexibility index (Phi) is 7.59. The zero-order valence-corrected chi connectivity index (χ0v) is 12.8. The fraction of sp³-hybridized carbons (Fsp3) is 0.625. The molecule has 2 N–H and O–H groups in total. The molecule has 1 unspecified atom stereocenters. The number of methoxy groups -OCH3 is 1. The van der Waals surface area contributed by atoms with Gasteiger partial charge in [0.1, 0.15) is 5.75 Å². The summed E-state index contributed by atoms with van der Waals surface area (Å²) in [5, 5.41) is 13.9. The van der Waals surface area contributed by atoms with E-state index in [1.807, 2.05) is 31.2 Å². The second-order valence-corrected chi connectivity index (χ2v) is 5.11. The van der Waals surface area contributed by atoms with Gasteiger partial charge in [-0.05, 0) is 32.4 Å². The number of rotatable bonds is 10. The molecule has 0 bridgehead atoms. The standard InChI is InChI=1S/C16H27NO3/c1-4-12-20-15-8-6-5-7-14(15)16(2,18)9-10-17-11-13-19-3/h5-8,17-18H,4,9-13H2,1-3H3. The Morgan fingerprint density at radius 1 is 1.20 bits per heavy atom. The molecule has 0 saturated carbocycles. The van der Waals surface area contributed by atoms with E-state index in [9.17, 15) is 5.11 Å². The molecule has 0 aliphatic rings. The van der Waals surface area contributed by atoms with Crippen LogP contribution in [0.2, 0.25) is 0 Å². The molecule has 0 spiro atoms. The number of benzene rings is 1. The minimum Gasteiger partial charge on any atom is -0.493 e. The van der Waals surface area contributed by atoms with Crippen molar-refractivity contribution in [1.29, 1.82) is 0 Å². The van der Waals surface area contributed by atoms with Gasteiger partial charge in [-0.3, -0.25) is 0 Å². The third-order valence-corrected chi connectivity index (χ3v) is 3.20. The molecule has 0 radical (unpaired) electrons. The second kappa shape index (κ2) is 8.95. The van der Waals surface area contributed by atoms with Crippen LogP contribution in [0.5, 0.6) is 5.75 Å². The molecule has 0 heterocycles. The van der Waals surface area contributed by atoms with Crippen LogP contribution in [0.1, 0.15) is 32.3 Å². The smallest absolute Gasteiger partial charge is 0.125 e. The second-order valence-electron chi connectivity index (χ2n) is 5.11. The molecule has 20 heavy (non-hydrogen) atoms. The summed E-state index contributed by atoms with van der Waals surface area (Å²) < 4.78 is 10.7. The van der Waals surface area contributed by atoms with Gasteiger partial charge in [-0.1, -0.05) is 25.1 Å². The number of para-hydroxylation sites is 1. The molecule has 0 aliphatic heterocycles. The van der Waals surface area contributed by atoms with E-state index in [1.165, 1.54) is 0 Å². The summed E-state index contributed by atoms with van der Waals surface area (Å²) in [6.45, 7) is 6.77. The summed E-state index contributed by atoms with van der Waals surface area (Å²) in [5.41, 5.74) is -0.0493. The number of aliphatic hydroxyl groups is 1. The SMILES string of the molecule is CCCOc1ccccc1C(C)(O)CCNCCOC. The highest BCUT2D eigenvalue weighted by molar-refractivity contribution is 5.37. The summed E-state index contributed by atoms with van der Waals surface area (Å²) in [4.78, 5) is 0. The lowest BCUT2D eigenvalue weighted by molar-refractivity contribution is 0.0443. The summed E-state index contributed by atoms with van der Waals surface area (Å²) in [6.07, 6.45) is 1.58. The first kappa shape index (κ1) is 17.0. The predicted molar refractivity (Wildman–Crippen MR) is 81.2 cm³/mol. The maximum atomic E-state index is 10.7. The zero-order valence-electron chi connectivity index (χ0n) is 12.8. The van der Waals surface area contributed by atoms with Crippen molar-refractivity contribution >= 4 is 0 Å². The average Bonchev–Trinajstić information content (AvgIpc) is 2.45. The fourth-order valence-corrected chi connectivity index (χ4v) is 2.02. The van der Waals surface area contributed by atoms with E-state index in [0.29, 0.717) is 19.6 Å². The molecule has 0 saturated heterocycles.